The van der Waals surface area contributed by atoms with Gasteiger partial charge in [-0.1, -0.05) is 41.9 Å². The normalized spacial score (nSPS) is 11.6. The molecular weight excluding hydrogens is 422 g/mol. The van der Waals surface area contributed by atoms with Gasteiger partial charge in [-0.25, -0.2) is 0 Å². The average molecular weight is 444 g/mol. The van der Waals surface area contributed by atoms with Gasteiger partial charge < -0.3 is 14.4 Å². The Bertz CT molecular complexity index is 1070. The SMILES string of the molecule is Cc1ccc(C(C)C)c(OCC(=O)N=Nc2c(O)n(C)c3ccc(Br)cc23)c1. The van der Waals surface area contributed by atoms with Crippen molar-refractivity contribution in [1.29, 1.82) is 0 Å². The third-order valence-corrected chi connectivity index (χ3v) is 5.00. The summed E-state index contributed by atoms with van der Waals surface area (Å²) in [6.07, 6.45) is 0. The van der Waals surface area contributed by atoms with Gasteiger partial charge in [0.1, 0.15) is 5.75 Å². The maximum atomic E-state index is 12.2. The van der Waals surface area contributed by atoms with Crippen LogP contribution in [0.25, 0.3) is 10.9 Å². The van der Waals surface area contributed by atoms with Crippen LogP contribution in [-0.2, 0) is 11.8 Å². The molecule has 0 unspecified atom stereocenters. The topological polar surface area (TPSA) is 76.2 Å². The summed E-state index contributed by atoms with van der Waals surface area (Å²) in [6, 6.07) is 11.5. The van der Waals surface area contributed by atoms with E-state index in [4.69, 9.17) is 4.74 Å². The standard InChI is InChI=1S/C21H22BrN3O3/c1-12(2)15-7-5-13(3)9-18(15)28-11-19(26)23-24-20-16-10-14(22)6-8-17(16)25(4)21(20)27/h5-10,12,27H,11H2,1-4H3. The van der Waals surface area contributed by atoms with E-state index in [9.17, 15) is 9.90 Å². The van der Waals surface area contributed by atoms with Gasteiger partial charge in [0, 0.05) is 16.9 Å². The summed E-state index contributed by atoms with van der Waals surface area (Å²) < 4.78 is 8.13. The Kier molecular flexibility index (Phi) is 5.84. The van der Waals surface area contributed by atoms with Crippen molar-refractivity contribution in [1.82, 2.24) is 4.57 Å². The van der Waals surface area contributed by atoms with Crippen LogP contribution in [0.5, 0.6) is 11.6 Å². The number of hydrogen-bond acceptors (Lipinski definition) is 4. The molecule has 6 nitrogen and oxygen atoms in total. The summed E-state index contributed by atoms with van der Waals surface area (Å²) >= 11 is 3.41. The van der Waals surface area contributed by atoms with Gasteiger partial charge in [0.05, 0.1) is 5.52 Å². The second-order valence-corrected chi connectivity index (χ2v) is 7.89. The second kappa shape index (κ2) is 8.14. The van der Waals surface area contributed by atoms with Gasteiger partial charge in [0.2, 0.25) is 5.88 Å². The van der Waals surface area contributed by atoms with E-state index in [1.165, 1.54) is 0 Å². The number of carbonyl (C=O) groups is 1. The van der Waals surface area contributed by atoms with Crippen LogP contribution in [0.3, 0.4) is 0 Å². The minimum Gasteiger partial charge on any atom is -0.493 e. The summed E-state index contributed by atoms with van der Waals surface area (Å²) in [7, 11) is 1.72. The summed E-state index contributed by atoms with van der Waals surface area (Å²) in [5.74, 6) is 0.378. The molecule has 0 aliphatic carbocycles. The fourth-order valence-corrected chi connectivity index (χ4v) is 3.36. The lowest BCUT2D eigenvalue weighted by Gasteiger charge is -2.13. The average Bonchev–Trinajstić information content (AvgIpc) is 2.88. The summed E-state index contributed by atoms with van der Waals surface area (Å²) in [5, 5.41) is 18.7. The van der Waals surface area contributed by atoms with E-state index in [2.05, 4.69) is 40.0 Å². The van der Waals surface area contributed by atoms with Crippen LogP contribution < -0.4 is 4.74 Å². The van der Waals surface area contributed by atoms with Gasteiger partial charge in [-0.2, -0.15) is 0 Å². The number of fused-ring (bicyclic) bond motifs is 1. The molecule has 3 rings (SSSR count). The molecule has 0 aliphatic rings. The smallest absolute Gasteiger partial charge is 0.302 e. The highest BCUT2D eigenvalue weighted by Crippen LogP contribution is 2.39. The molecule has 0 aliphatic heterocycles. The molecule has 0 atom stereocenters. The zero-order valence-electron chi connectivity index (χ0n) is 16.2. The van der Waals surface area contributed by atoms with Gasteiger partial charge >= 0.3 is 5.91 Å². The van der Waals surface area contributed by atoms with Gasteiger partial charge in [-0.3, -0.25) is 4.79 Å². The Morgan fingerprint density at radius 1 is 1.25 bits per heavy atom. The Balaban J connectivity index is 1.79. The Morgan fingerprint density at radius 3 is 2.71 bits per heavy atom. The third-order valence-electron chi connectivity index (χ3n) is 4.51. The number of hydrogen-bond donors (Lipinski definition) is 1. The monoisotopic (exact) mass is 443 g/mol. The fourth-order valence-electron chi connectivity index (χ4n) is 3.00. The molecule has 0 saturated heterocycles. The van der Waals surface area contributed by atoms with E-state index in [0.717, 1.165) is 21.1 Å². The van der Waals surface area contributed by atoms with Crippen molar-refractivity contribution < 1.29 is 14.6 Å². The first-order valence-electron chi connectivity index (χ1n) is 8.92. The first-order valence-corrected chi connectivity index (χ1v) is 9.72. The quantitative estimate of drug-likeness (QED) is 0.508. The number of amides is 1. The van der Waals surface area contributed by atoms with Gasteiger partial charge in [-0.05, 0) is 48.2 Å². The number of carbonyl (C=O) groups excluding carboxylic acids is 1. The van der Waals surface area contributed by atoms with E-state index in [1.807, 2.05) is 43.3 Å². The van der Waals surface area contributed by atoms with Crippen LogP contribution in [0.2, 0.25) is 0 Å². The van der Waals surface area contributed by atoms with Gasteiger partial charge in [0.15, 0.2) is 12.3 Å². The number of rotatable bonds is 5. The lowest BCUT2D eigenvalue weighted by Crippen LogP contribution is -2.09. The highest BCUT2D eigenvalue weighted by Gasteiger charge is 2.15. The van der Waals surface area contributed by atoms with Gasteiger partial charge in [0.25, 0.3) is 0 Å². The van der Waals surface area contributed by atoms with E-state index < -0.39 is 5.91 Å². The molecule has 1 N–H and O–H groups in total. The second-order valence-electron chi connectivity index (χ2n) is 6.97. The zero-order chi connectivity index (χ0) is 20.4. The molecule has 0 bridgehead atoms. The summed E-state index contributed by atoms with van der Waals surface area (Å²) in [5.41, 5.74) is 3.14. The molecule has 3 aromatic rings. The van der Waals surface area contributed by atoms with Crippen molar-refractivity contribution in [2.75, 3.05) is 6.61 Å². The van der Waals surface area contributed by atoms with Crippen LogP contribution in [-0.4, -0.2) is 22.2 Å². The van der Waals surface area contributed by atoms with Gasteiger partial charge in [-0.15, -0.1) is 10.2 Å². The van der Waals surface area contributed by atoms with Crippen molar-refractivity contribution in [2.45, 2.75) is 26.7 Å². The molecule has 7 heteroatoms. The molecule has 1 aromatic heterocycles. The van der Waals surface area contributed by atoms with Crippen molar-refractivity contribution in [3.05, 3.63) is 52.0 Å². The number of halogens is 1. The van der Waals surface area contributed by atoms with Crippen molar-refractivity contribution >= 4 is 38.4 Å². The number of ether oxygens (including phenoxy) is 1. The Hall–Kier alpha value is -2.67. The van der Waals surface area contributed by atoms with Crippen LogP contribution in [0.15, 0.2) is 51.1 Å². The predicted octanol–water partition coefficient (Wildman–Crippen LogP) is 5.77. The molecule has 1 heterocycles. The molecule has 28 heavy (non-hydrogen) atoms. The fraction of sp³-hybridized carbons (Fsp3) is 0.286. The minimum absolute atomic E-state index is 0.0497. The van der Waals surface area contributed by atoms with Crippen LogP contribution in [0, 0.1) is 6.92 Å². The highest BCUT2D eigenvalue weighted by molar-refractivity contribution is 9.10. The van der Waals surface area contributed by atoms with Crippen molar-refractivity contribution in [2.24, 2.45) is 17.3 Å². The maximum absolute atomic E-state index is 12.2. The number of nitrogens with zero attached hydrogens (tertiary/aromatic N) is 3. The molecule has 0 radical (unpaired) electrons. The van der Waals surface area contributed by atoms with Crippen LogP contribution in [0.4, 0.5) is 5.69 Å². The highest BCUT2D eigenvalue weighted by atomic mass is 79.9. The van der Waals surface area contributed by atoms with Crippen LogP contribution >= 0.6 is 15.9 Å². The largest absolute Gasteiger partial charge is 0.493 e. The first-order chi connectivity index (χ1) is 13.3. The molecule has 1 amide bonds. The Labute approximate surface area is 172 Å². The minimum atomic E-state index is -0.525. The molecule has 0 fully saturated rings. The van der Waals surface area contributed by atoms with Crippen LogP contribution in [0.1, 0.15) is 30.9 Å². The lowest BCUT2D eigenvalue weighted by molar-refractivity contribution is -0.120. The molecule has 2 aromatic carbocycles. The molecular formula is C21H22BrN3O3. The number of benzene rings is 2. The summed E-state index contributed by atoms with van der Waals surface area (Å²) in [6.45, 7) is 5.89. The number of aromatic hydroxyl groups is 1. The van der Waals surface area contributed by atoms with E-state index in [1.54, 1.807) is 11.6 Å². The first kappa shape index (κ1) is 20.1. The Morgan fingerprint density at radius 2 is 2.00 bits per heavy atom. The third kappa shape index (κ3) is 4.09. The predicted molar refractivity (Wildman–Crippen MR) is 113 cm³/mol. The van der Waals surface area contributed by atoms with E-state index in [0.29, 0.717) is 11.1 Å². The maximum Gasteiger partial charge on any atom is 0.302 e. The molecule has 0 spiro atoms. The van der Waals surface area contributed by atoms with E-state index in [-0.39, 0.29) is 24.1 Å². The number of aryl methyl sites for hydroxylation is 2. The number of azo groups is 1. The van der Waals surface area contributed by atoms with Crippen molar-refractivity contribution in [3.8, 4) is 11.6 Å². The zero-order valence-corrected chi connectivity index (χ0v) is 17.8. The molecule has 0 saturated carbocycles. The van der Waals surface area contributed by atoms with E-state index >= 15 is 0 Å². The number of aromatic nitrogens is 1. The summed E-state index contributed by atoms with van der Waals surface area (Å²) in [4.78, 5) is 12.2. The molecule has 146 valence electrons. The van der Waals surface area contributed by atoms with Crippen molar-refractivity contribution in [3.63, 3.8) is 0 Å². The lowest BCUT2D eigenvalue weighted by atomic mass is 10.0.